The number of anilines is 2. The van der Waals surface area contributed by atoms with Gasteiger partial charge in [0.1, 0.15) is 5.82 Å². The van der Waals surface area contributed by atoms with Gasteiger partial charge in [0.05, 0.1) is 17.5 Å². The number of aryl methyl sites for hydroxylation is 1. The monoisotopic (exact) mass is 421 g/mol. The molecule has 0 radical (unpaired) electrons. The average Bonchev–Trinajstić information content (AvgIpc) is 3.07. The number of nitrogens with one attached hydrogen (secondary N) is 2. The molecule has 0 spiro atoms. The van der Waals surface area contributed by atoms with E-state index in [1.807, 2.05) is 43.3 Å². The standard InChI is InChI=1S/C21H19N5O3S/c1-14-13-20(23-21(27)16-7-10-17(11-8-16)25-30(2,28)29)26(24-14)19-12-9-15-5-3-4-6-18(15)22-19/h3-13,25H,1-2H3,(H,23,27). The molecule has 2 aromatic carbocycles. The number of pyridine rings is 1. The van der Waals surface area contributed by atoms with Crippen molar-refractivity contribution in [2.75, 3.05) is 16.3 Å². The highest BCUT2D eigenvalue weighted by molar-refractivity contribution is 7.92. The van der Waals surface area contributed by atoms with Gasteiger partial charge in [0.25, 0.3) is 5.91 Å². The van der Waals surface area contributed by atoms with Crippen molar-refractivity contribution in [3.63, 3.8) is 0 Å². The van der Waals surface area contributed by atoms with Gasteiger partial charge in [-0.1, -0.05) is 18.2 Å². The maximum atomic E-state index is 12.7. The van der Waals surface area contributed by atoms with Gasteiger partial charge in [-0.15, -0.1) is 0 Å². The van der Waals surface area contributed by atoms with E-state index in [0.29, 0.717) is 22.9 Å². The number of fused-ring (bicyclic) bond motifs is 1. The van der Waals surface area contributed by atoms with E-state index in [1.54, 1.807) is 22.9 Å². The molecule has 4 aromatic rings. The van der Waals surface area contributed by atoms with Gasteiger partial charge in [0.15, 0.2) is 5.82 Å². The fraction of sp³-hybridized carbons (Fsp3) is 0.0952. The van der Waals surface area contributed by atoms with Crippen LogP contribution >= 0.6 is 0 Å². The van der Waals surface area contributed by atoms with Gasteiger partial charge in [-0.25, -0.2) is 13.4 Å². The maximum Gasteiger partial charge on any atom is 0.256 e. The van der Waals surface area contributed by atoms with Gasteiger partial charge in [0.2, 0.25) is 10.0 Å². The van der Waals surface area contributed by atoms with Crippen molar-refractivity contribution in [3.8, 4) is 5.82 Å². The Hall–Kier alpha value is -3.72. The first-order valence-corrected chi connectivity index (χ1v) is 11.0. The first kappa shape index (κ1) is 19.6. The Morgan fingerprint density at radius 1 is 1.00 bits per heavy atom. The van der Waals surface area contributed by atoms with E-state index in [1.165, 1.54) is 12.1 Å². The van der Waals surface area contributed by atoms with Gasteiger partial charge < -0.3 is 5.32 Å². The molecule has 0 saturated carbocycles. The molecule has 0 aliphatic heterocycles. The van der Waals surface area contributed by atoms with Gasteiger partial charge in [0, 0.05) is 22.7 Å². The number of rotatable bonds is 5. The molecule has 0 unspecified atom stereocenters. The van der Waals surface area contributed by atoms with Crippen LogP contribution in [0, 0.1) is 6.92 Å². The molecule has 1 amide bonds. The lowest BCUT2D eigenvalue weighted by Crippen LogP contribution is -2.16. The summed E-state index contributed by atoms with van der Waals surface area (Å²) in [5, 5.41) is 8.31. The molecule has 8 nitrogen and oxygen atoms in total. The van der Waals surface area contributed by atoms with Crippen molar-refractivity contribution in [1.82, 2.24) is 14.8 Å². The minimum atomic E-state index is -3.38. The lowest BCUT2D eigenvalue weighted by Gasteiger charge is -2.10. The zero-order chi connectivity index (χ0) is 21.3. The summed E-state index contributed by atoms with van der Waals surface area (Å²) >= 11 is 0. The molecule has 0 aliphatic carbocycles. The normalized spacial score (nSPS) is 11.4. The minimum Gasteiger partial charge on any atom is -0.306 e. The van der Waals surface area contributed by atoms with E-state index in [2.05, 4.69) is 20.1 Å². The third-order valence-corrected chi connectivity index (χ3v) is 4.93. The van der Waals surface area contributed by atoms with Crippen LogP contribution in [0.2, 0.25) is 0 Å². The van der Waals surface area contributed by atoms with Crippen LogP contribution < -0.4 is 10.0 Å². The Bertz CT molecular complexity index is 1340. The van der Waals surface area contributed by atoms with Crippen LogP contribution in [0.15, 0.2) is 66.7 Å². The lowest BCUT2D eigenvalue weighted by atomic mass is 10.2. The van der Waals surface area contributed by atoms with Crippen LogP contribution in [0.1, 0.15) is 16.1 Å². The van der Waals surface area contributed by atoms with Gasteiger partial charge >= 0.3 is 0 Å². The fourth-order valence-electron chi connectivity index (χ4n) is 3.03. The molecule has 2 heterocycles. The van der Waals surface area contributed by atoms with Crippen LogP contribution in [0.25, 0.3) is 16.7 Å². The number of nitrogens with zero attached hydrogens (tertiary/aromatic N) is 3. The molecule has 0 fully saturated rings. The molecule has 2 aromatic heterocycles. The molecule has 9 heteroatoms. The third-order valence-electron chi connectivity index (χ3n) is 4.32. The fourth-order valence-corrected chi connectivity index (χ4v) is 3.59. The van der Waals surface area contributed by atoms with Crippen LogP contribution in [0.4, 0.5) is 11.5 Å². The van der Waals surface area contributed by atoms with E-state index in [-0.39, 0.29) is 5.91 Å². The Kier molecular flexibility index (Phi) is 4.96. The number of amides is 1. The molecule has 152 valence electrons. The SMILES string of the molecule is Cc1cc(NC(=O)c2ccc(NS(C)(=O)=O)cc2)n(-c2ccc3ccccc3n2)n1. The number of carbonyl (C=O) groups is 1. The largest absolute Gasteiger partial charge is 0.306 e. The molecule has 0 saturated heterocycles. The van der Waals surface area contributed by atoms with Crippen LogP contribution in [0.3, 0.4) is 0 Å². The molecule has 0 bridgehead atoms. The summed E-state index contributed by atoms with van der Waals surface area (Å²) in [6, 6.07) is 19.5. The van der Waals surface area contributed by atoms with E-state index in [4.69, 9.17) is 0 Å². The van der Waals surface area contributed by atoms with E-state index < -0.39 is 10.0 Å². The molecule has 0 atom stereocenters. The van der Waals surface area contributed by atoms with Crippen molar-refractivity contribution in [2.24, 2.45) is 0 Å². The number of para-hydroxylation sites is 1. The molecule has 2 N–H and O–H groups in total. The van der Waals surface area contributed by atoms with Crippen molar-refractivity contribution < 1.29 is 13.2 Å². The van der Waals surface area contributed by atoms with Gasteiger partial charge in [-0.05, 0) is 49.4 Å². The summed E-state index contributed by atoms with van der Waals surface area (Å²) in [4.78, 5) is 17.3. The number of benzene rings is 2. The second-order valence-electron chi connectivity index (χ2n) is 6.85. The topological polar surface area (TPSA) is 106 Å². The first-order chi connectivity index (χ1) is 14.3. The van der Waals surface area contributed by atoms with E-state index >= 15 is 0 Å². The molecule has 30 heavy (non-hydrogen) atoms. The zero-order valence-electron chi connectivity index (χ0n) is 16.3. The Balaban J connectivity index is 1.60. The lowest BCUT2D eigenvalue weighted by molar-refractivity contribution is 0.102. The van der Waals surface area contributed by atoms with E-state index in [9.17, 15) is 13.2 Å². The molecular weight excluding hydrogens is 402 g/mol. The van der Waals surface area contributed by atoms with E-state index in [0.717, 1.165) is 22.9 Å². The van der Waals surface area contributed by atoms with Crippen molar-refractivity contribution >= 4 is 38.3 Å². The number of carbonyl (C=O) groups excluding carboxylic acids is 1. The minimum absolute atomic E-state index is 0.345. The van der Waals surface area contributed by atoms with Crippen LogP contribution in [-0.2, 0) is 10.0 Å². The molecule has 0 aliphatic rings. The smallest absolute Gasteiger partial charge is 0.256 e. The number of sulfonamides is 1. The molecular formula is C21H19N5O3S. The Morgan fingerprint density at radius 2 is 1.73 bits per heavy atom. The van der Waals surface area contributed by atoms with Crippen LogP contribution in [0.5, 0.6) is 0 Å². The van der Waals surface area contributed by atoms with Crippen molar-refractivity contribution in [3.05, 3.63) is 78.0 Å². The van der Waals surface area contributed by atoms with Crippen molar-refractivity contribution in [2.45, 2.75) is 6.92 Å². The summed E-state index contributed by atoms with van der Waals surface area (Å²) in [6.45, 7) is 1.83. The number of aromatic nitrogens is 3. The number of hydrogen-bond acceptors (Lipinski definition) is 5. The summed E-state index contributed by atoms with van der Waals surface area (Å²) < 4.78 is 26.6. The summed E-state index contributed by atoms with van der Waals surface area (Å²) in [5.41, 5.74) is 2.32. The van der Waals surface area contributed by atoms with Gasteiger partial charge in [-0.2, -0.15) is 9.78 Å². The highest BCUT2D eigenvalue weighted by Crippen LogP contribution is 2.20. The number of hydrogen-bond donors (Lipinski definition) is 2. The highest BCUT2D eigenvalue weighted by atomic mass is 32.2. The maximum absolute atomic E-state index is 12.7. The Morgan fingerprint density at radius 3 is 2.47 bits per heavy atom. The predicted molar refractivity (Wildman–Crippen MR) is 116 cm³/mol. The molecule has 4 rings (SSSR count). The summed E-state index contributed by atoms with van der Waals surface area (Å²) in [5.74, 6) is 0.728. The highest BCUT2D eigenvalue weighted by Gasteiger charge is 2.14. The predicted octanol–water partition coefficient (Wildman–Crippen LogP) is 3.35. The second kappa shape index (κ2) is 7.60. The first-order valence-electron chi connectivity index (χ1n) is 9.10. The summed E-state index contributed by atoms with van der Waals surface area (Å²) in [6.07, 6.45) is 1.07. The van der Waals surface area contributed by atoms with Crippen molar-refractivity contribution in [1.29, 1.82) is 0 Å². The summed E-state index contributed by atoms with van der Waals surface area (Å²) in [7, 11) is -3.38. The Labute approximate surface area is 173 Å². The zero-order valence-corrected chi connectivity index (χ0v) is 17.1. The van der Waals surface area contributed by atoms with Crippen LogP contribution in [-0.4, -0.2) is 35.3 Å². The third kappa shape index (κ3) is 4.31. The second-order valence-corrected chi connectivity index (χ2v) is 8.60. The average molecular weight is 421 g/mol. The quantitative estimate of drug-likeness (QED) is 0.514. The van der Waals surface area contributed by atoms with Gasteiger partial charge in [-0.3, -0.25) is 9.52 Å².